The number of unbranched alkanes of at least 4 members (excludes halogenated alkanes) is 3. The van der Waals surface area contributed by atoms with Crippen molar-refractivity contribution in [1.82, 2.24) is 0 Å². The summed E-state index contributed by atoms with van der Waals surface area (Å²) in [7, 11) is -2.69. The van der Waals surface area contributed by atoms with Gasteiger partial charge in [0.2, 0.25) is 0 Å². The zero-order chi connectivity index (χ0) is 18.8. The van der Waals surface area contributed by atoms with Gasteiger partial charge in [0.25, 0.3) is 0 Å². The van der Waals surface area contributed by atoms with E-state index >= 15 is 0 Å². The molecule has 0 spiro atoms. The second-order valence-corrected chi connectivity index (χ2v) is 10.8. The smallest absolute Gasteiger partial charge is 0.373 e. The maximum atomic E-state index is 6.57. The van der Waals surface area contributed by atoms with Crippen LogP contribution < -0.4 is 0 Å². The van der Waals surface area contributed by atoms with E-state index in [2.05, 4.69) is 27.7 Å². The van der Waals surface area contributed by atoms with Crippen LogP contribution in [-0.2, 0) is 18.0 Å². The number of ether oxygens (including phenoxy) is 1. The third-order valence-electron chi connectivity index (χ3n) is 5.91. The van der Waals surface area contributed by atoms with E-state index in [1.165, 1.54) is 19.3 Å². The molecule has 0 aromatic rings. The van der Waals surface area contributed by atoms with Gasteiger partial charge in [0.15, 0.2) is 0 Å². The number of fused-ring (bicyclic) bond motifs is 1. The molecule has 1 aliphatic heterocycles. The standard InChI is InChI=1S/C21H42O4Si/c1-5-9-14-22-26(23-15-10-6-2,24-16-11-7-3)21(8-4)18-12-13-19-20(17-18)25-19/h18-21H,5-17H2,1-4H3. The maximum absolute atomic E-state index is 6.57. The quantitative estimate of drug-likeness (QED) is 0.205. The van der Waals surface area contributed by atoms with E-state index < -0.39 is 8.80 Å². The molecule has 2 rings (SSSR count). The second kappa shape index (κ2) is 11.8. The second-order valence-electron chi connectivity index (χ2n) is 8.01. The van der Waals surface area contributed by atoms with Crippen LogP contribution >= 0.6 is 0 Å². The Morgan fingerprint density at radius 3 is 1.77 bits per heavy atom. The molecule has 2 aliphatic rings. The number of epoxide rings is 1. The van der Waals surface area contributed by atoms with Crippen LogP contribution in [0.2, 0.25) is 5.54 Å². The van der Waals surface area contributed by atoms with Gasteiger partial charge in [-0.1, -0.05) is 47.0 Å². The molecule has 26 heavy (non-hydrogen) atoms. The lowest BCUT2D eigenvalue weighted by atomic mass is 9.86. The Kier molecular flexibility index (Phi) is 10.1. The predicted molar refractivity (Wildman–Crippen MR) is 108 cm³/mol. The topological polar surface area (TPSA) is 40.2 Å². The van der Waals surface area contributed by atoms with Crippen LogP contribution in [0.3, 0.4) is 0 Å². The van der Waals surface area contributed by atoms with Gasteiger partial charge in [0.1, 0.15) is 0 Å². The van der Waals surface area contributed by atoms with Crippen LogP contribution in [0.5, 0.6) is 0 Å². The highest BCUT2D eigenvalue weighted by atomic mass is 28.4. The van der Waals surface area contributed by atoms with Crippen LogP contribution in [0.25, 0.3) is 0 Å². The molecule has 1 aliphatic carbocycles. The minimum absolute atomic E-state index is 0.415. The Bertz CT molecular complexity index is 352. The Labute approximate surface area is 162 Å². The van der Waals surface area contributed by atoms with Gasteiger partial charge in [0.05, 0.1) is 12.2 Å². The fourth-order valence-corrected chi connectivity index (χ4v) is 7.75. The summed E-state index contributed by atoms with van der Waals surface area (Å²) in [5.41, 5.74) is 0.415. The molecule has 5 heteroatoms. The SMILES string of the molecule is CCCCO[Si](OCCCC)(OCCCC)C(CC)C1CCC2OC2C1. The Morgan fingerprint density at radius 1 is 0.808 bits per heavy atom. The van der Waals surface area contributed by atoms with E-state index in [1.54, 1.807) is 0 Å². The number of rotatable bonds is 15. The number of hydrogen-bond donors (Lipinski definition) is 0. The Balaban J connectivity index is 2.12. The zero-order valence-electron chi connectivity index (χ0n) is 17.6. The van der Waals surface area contributed by atoms with E-state index in [0.717, 1.165) is 64.8 Å². The molecule has 4 unspecified atom stereocenters. The van der Waals surface area contributed by atoms with Gasteiger partial charge in [-0.25, -0.2) is 0 Å². The van der Waals surface area contributed by atoms with Crippen LogP contribution in [-0.4, -0.2) is 40.8 Å². The first-order valence-electron chi connectivity index (χ1n) is 11.3. The van der Waals surface area contributed by atoms with E-state index in [1.807, 2.05) is 0 Å². The fraction of sp³-hybridized carbons (Fsp3) is 1.00. The average molecular weight is 387 g/mol. The monoisotopic (exact) mass is 386 g/mol. The molecule has 0 aromatic carbocycles. The predicted octanol–water partition coefficient (Wildman–Crippen LogP) is 5.72. The van der Waals surface area contributed by atoms with Crippen molar-refractivity contribution in [3.8, 4) is 0 Å². The van der Waals surface area contributed by atoms with Gasteiger partial charge >= 0.3 is 8.80 Å². The summed E-state index contributed by atoms with van der Waals surface area (Å²) in [5.74, 6) is 0.625. The third-order valence-corrected chi connectivity index (χ3v) is 9.52. The molecule has 0 radical (unpaired) electrons. The summed E-state index contributed by atoms with van der Waals surface area (Å²) in [6.07, 6.45) is 12.4. The first kappa shape index (κ1) is 22.3. The molecular weight excluding hydrogens is 344 g/mol. The highest BCUT2D eigenvalue weighted by Gasteiger charge is 2.55. The molecule has 0 N–H and O–H groups in total. The van der Waals surface area contributed by atoms with E-state index in [4.69, 9.17) is 18.0 Å². The van der Waals surface area contributed by atoms with Crippen molar-refractivity contribution in [2.75, 3.05) is 19.8 Å². The molecule has 1 saturated heterocycles. The van der Waals surface area contributed by atoms with Crippen LogP contribution in [0.15, 0.2) is 0 Å². The fourth-order valence-electron chi connectivity index (χ4n) is 4.19. The summed E-state index contributed by atoms with van der Waals surface area (Å²) >= 11 is 0. The summed E-state index contributed by atoms with van der Waals surface area (Å²) in [6, 6.07) is 0. The van der Waals surface area contributed by atoms with Crippen molar-refractivity contribution in [2.45, 2.75) is 110 Å². The highest BCUT2D eigenvalue weighted by molar-refractivity contribution is 6.62. The van der Waals surface area contributed by atoms with E-state index in [-0.39, 0.29) is 0 Å². The van der Waals surface area contributed by atoms with Crippen molar-refractivity contribution in [2.24, 2.45) is 5.92 Å². The summed E-state index contributed by atoms with van der Waals surface area (Å²) in [4.78, 5) is 0. The van der Waals surface area contributed by atoms with Crippen molar-refractivity contribution >= 4 is 8.80 Å². The average Bonchev–Trinajstić information content (AvgIpc) is 3.42. The third kappa shape index (κ3) is 6.30. The molecule has 0 bridgehead atoms. The minimum Gasteiger partial charge on any atom is -0.373 e. The van der Waals surface area contributed by atoms with Crippen molar-refractivity contribution in [3.05, 3.63) is 0 Å². The van der Waals surface area contributed by atoms with Crippen LogP contribution in [0.4, 0.5) is 0 Å². The van der Waals surface area contributed by atoms with Gasteiger partial charge in [-0.05, 0) is 50.9 Å². The van der Waals surface area contributed by atoms with Gasteiger partial charge in [-0.15, -0.1) is 0 Å². The molecule has 0 aromatic heterocycles. The Hall–Kier alpha value is 0.0569. The Morgan fingerprint density at radius 2 is 1.35 bits per heavy atom. The van der Waals surface area contributed by atoms with Crippen molar-refractivity contribution in [1.29, 1.82) is 0 Å². The molecule has 4 nitrogen and oxygen atoms in total. The molecule has 0 amide bonds. The molecule has 1 saturated carbocycles. The summed E-state index contributed by atoms with van der Waals surface area (Å²) in [5, 5.41) is 0. The first-order valence-corrected chi connectivity index (χ1v) is 13.1. The molecule has 1 heterocycles. The lowest BCUT2D eigenvalue weighted by Crippen LogP contribution is -2.53. The minimum atomic E-state index is -2.69. The lowest BCUT2D eigenvalue weighted by Gasteiger charge is -2.40. The number of hydrogen-bond acceptors (Lipinski definition) is 4. The normalized spacial score (nSPS) is 26.5. The summed E-state index contributed by atoms with van der Waals surface area (Å²) in [6.45, 7) is 11.2. The molecular formula is C21H42O4Si. The van der Waals surface area contributed by atoms with E-state index in [9.17, 15) is 0 Å². The first-order chi connectivity index (χ1) is 12.7. The maximum Gasteiger partial charge on any atom is 0.504 e. The zero-order valence-corrected chi connectivity index (χ0v) is 18.6. The molecule has 2 fully saturated rings. The largest absolute Gasteiger partial charge is 0.504 e. The molecule has 4 atom stereocenters. The lowest BCUT2D eigenvalue weighted by molar-refractivity contribution is 0.0370. The highest BCUT2D eigenvalue weighted by Crippen LogP contribution is 2.48. The van der Waals surface area contributed by atoms with Gasteiger partial charge in [-0.2, -0.15) is 0 Å². The van der Waals surface area contributed by atoms with Gasteiger partial charge < -0.3 is 18.0 Å². The van der Waals surface area contributed by atoms with Crippen molar-refractivity contribution in [3.63, 3.8) is 0 Å². The van der Waals surface area contributed by atoms with Crippen molar-refractivity contribution < 1.29 is 18.0 Å². The van der Waals surface area contributed by atoms with Gasteiger partial charge in [0, 0.05) is 25.4 Å². The van der Waals surface area contributed by atoms with Gasteiger partial charge in [-0.3, -0.25) is 0 Å². The van der Waals surface area contributed by atoms with Crippen LogP contribution in [0.1, 0.15) is 91.9 Å². The molecule has 154 valence electrons. The van der Waals surface area contributed by atoms with E-state index in [0.29, 0.717) is 23.7 Å². The summed E-state index contributed by atoms with van der Waals surface area (Å²) < 4.78 is 25.5. The van der Waals surface area contributed by atoms with Crippen LogP contribution in [0, 0.1) is 5.92 Å².